The number of benzene rings is 2. The van der Waals surface area contributed by atoms with E-state index < -0.39 is 29.4 Å². The van der Waals surface area contributed by atoms with Crippen LogP contribution in [0, 0.1) is 5.82 Å². The van der Waals surface area contributed by atoms with E-state index in [1.54, 1.807) is 18.2 Å². The van der Waals surface area contributed by atoms with Gasteiger partial charge in [-0.1, -0.05) is 12.1 Å². The lowest BCUT2D eigenvalue weighted by molar-refractivity contribution is -0.140. The van der Waals surface area contributed by atoms with Crippen LogP contribution in [0.3, 0.4) is 0 Å². The van der Waals surface area contributed by atoms with Crippen molar-refractivity contribution in [2.45, 2.75) is 6.18 Å². The average Bonchev–Trinajstić information content (AvgIpc) is 3.39. The molecule has 2 amide bonds. The predicted octanol–water partition coefficient (Wildman–Crippen LogP) is 3.81. The summed E-state index contributed by atoms with van der Waals surface area (Å²) in [6.07, 6.45) is -4.88. The molecule has 2 aromatic heterocycles. The first-order chi connectivity index (χ1) is 16.1. The number of fused-ring (bicyclic) bond motifs is 1. The van der Waals surface area contributed by atoms with E-state index in [1.807, 2.05) is 6.07 Å². The zero-order chi connectivity index (χ0) is 24.5. The molecule has 0 saturated carbocycles. The van der Waals surface area contributed by atoms with Gasteiger partial charge in [-0.05, 0) is 30.3 Å². The van der Waals surface area contributed by atoms with Gasteiger partial charge in [0, 0.05) is 10.9 Å². The number of alkyl halides is 3. The third-order valence-electron chi connectivity index (χ3n) is 4.34. The van der Waals surface area contributed by atoms with Gasteiger partial charge in [-0.3, -0.25) is 20.2 Å². The Kier molecular flexibility index (Phi) is 5.98. The van der Waals surface area contributed by atoms with Crippen LogP contribution in [0.5, 0.6) is 0 Å². The monoisotopic (exact) mass is 491 g/mol. The summed E-state index contributed by atoms with van der Waals surface area (Å²) in [4.78, 5) is 39.6. The van der Waals surface area contributed by atoms with Crippen molar-refractivity contribution in [3.63, 3.8) is 0 Å². The Morgan fingerprint density at radius 1 is 1.09 bits per heavy atom. The number of aromatic nitrogens is 3. The van der Waals surface area contributed by atoms with E-state index in [4.69, 9.17) is 5.73 Å². The molecule has 0 atom stereocenters. The Morgan fingerprint density at radius 2 is 1.85 bits per heavy atom. The summed E-state index contributed by atoms with van der Waals surface area (Å²) < 4.78 is 51.7. The van der Waals surface area contributed by atoms with Crippen LogP contribution in [0.15, 0.2) is 52.8 Å². The van der Waals surface area contributed by atoms with Crippen LogP contribution in [0.25, 0.3) is 11.0 Å². The number of aliphatic imine (C=N–C) groups is 1. The molecule has 0 fully saturated rings. The third-order valence-corrected chi connectivity index (χ3v) is 5.10. The van der Waals surface area contributed by atoms with Gasteiger partial charge in [-0.2, -0.15) is 18.2 Å². The van der Waals surface area contributed by atoms with Crippen molar-refractivity contribution in [3.05, 3.63) is 70.5 Å². The number of amides is 2. The number of hydrogen-bond donors (Lipinski definition) is 4. The van der Waals surface area contributed by atoms with Crippen molar-refractivity contribution in [2.24, 2.45) is 10.7 Å². The standard InChI is InChI=1S/C20H13F4N7O2S/c21-11-7-9(5-6-10(11)20(22,23)24)15(32)30-19-28-14(8-34-19)16(33)29-17(25)31-18-26-12-3-1-2-4-13(12)27-18/h1-8H,(H,28,30,32)(H4,25,26,27,29,31,33). The number of nitrogens with two attached hydrogens (primary N) is 1. The molecule has 0 radical (unpaired) electrons. The number of carbonyl (C=O) groups is 2. The number of H-pyrrole nitrogens is 1. The molecule has 174 valence electrons. The second-order valence-electron chi connectivity index (χ2n) is 6.71. The van der Waals surface area contributed by atoms with Crippen molar-refractivity contribution in [1.29, 1.82) is 0 Å². The molecular formula is C20H13F4N7O2S. The second-order valence-corrected chi connectivity index (χ2v) is 7.57. The molecule has 0 aliphatic rings. The van der Waals surface area contributed by atoms with E-state index in [0.29, 0.717) is 17.6 Å². The fourth-order valence-electron chi connectivity index (χ4n) is 2.81. The Hall–Kier alpha value is -4.33. The average molecular weight is 491 g/mol. The number of halogens is 4. The molecule has 14 heteroatoms. The molecule has 34 heavy (non-hydrogen) atoms. The van der Waals surface area contributed by atoms with Crippen molar-refractivity contribution in [2.75, 3.05) is 5.32 Å². The van der Waals surface area contributed by atoms with E-state index in [0.717, 1.165) is 22.9 Å². The van der Waals surface area contributed by atoms with Crippen molar-refractivity contribution in [1.82, 2.24) is 20.3 Å². The number of anilines is 1. The van der Waals surface area contributed by atoms with Crippen LogP contribution < -0.4 is 16.4 Å². The van der Waals surface area contributed by atoms with Gasteiger partial charge in [0.05, 0.1) is 16.6 Å². The summed E-state index contributed by atoms with van der Waals surface area (Å²) in [6, 6.07) is 8.94. The maximum atomic E-state index is 13.7. The van der Waals surface area contributed by atoms with Crippen LogP contribution in [-0.2, 0) is 6.18 Å². The lowest BCUT2D eigenvalue weighted by Gasteiger charge is -2.09. The molecule has 4 aromatic rings. The zero-order valence-electron chi connectivity index (χ0n) is 16.8. The molecular weight excluding hydrogens is 478 g/mol. The Balaban J connectivity index is 1.41. The summed E-state index contributed by atoms with van der Waals surface area (Å²) in [5.41, 5.74) is 5.18. The number of guanidine groups is 1. The highest BCUT2D eigenvalue weighted by molar-refractivity contribution is 7.14. The normalized spacial score (nSPS) is 12.1. The van der Waals surface area contributed by atoms with Crippen molar-refractivity contribution >= 4 is 51.2 Å². The number of rotatable bonds is 4. The van der Waals surface area contributed by atoms with E-state index >= 15 is 0 Å². The number of aromatic amines is 1. The number of nitrogens with one attached hydrogen (secondary N) is 3. The number of para-hydroxylation sites is 2. The summed E-state index contributed by atoms with van der Waals surface area (Å²) in [7, 11) is 0. The largest absolute Gasteiger partial charge is 0.419 e. The quantitative estimate of drug-likeness (QED) is 0.195. The lowest BCUT2D eigenvalue weighted by Crippen LogP contribution is -2.36. The molecule has 0 saturated heterocycles. The Labute approximate surface area is 191 Å². The van der Waals surface area contributed by atoms with Crippen LogP contribution in [0.1, 0.15) is 26.4 Å². The number of imidazole rings is 1. The summed E-state index contributed by atoms with van der Waals surface area (Å²) in [6.45, 7) is 0. The van der Waals surface area contributed by atoms with Crippen LogP contribution in [0.2, 0.25) is 0 Å². The van der Waals surface area contributed by atoms with Crippen molar-refractivity contribution in [3.8, 4) is 0 Å². The fraction of sp³-hybridized carbons (Fsp3) is 0.0500. The smallest absolute Gasteiger partial charge is 0.369 e. The van der Waals surface area contributed by atoms with E-state index in [1.165, 1.54) is 5.38 Å². The highest BCUT2D eigenvalue weighted by Crippen LogP contribution is 2.31. The van der Waals surface area contributed by atoms with Gasteiger partial charge < -0.3 is 10.7 Å². The first-order valence-electron chi connectivity index (χ1n) is 9.34. The summed E-state index contributed by atoms with van der Waals surface area (Å²) in [5, 5.41) is 5.88. The highest BCUT2D eigenvalue weighted by atomic mass is 32.1. The molecule has 5 N–H and O–H groups in total. The Morgan fingerprint density at radius 3 is 2.56 bits per heavy atom. The predicted molar refractivity (Wildman–Crippen MR) is 116 cm³/mol. The second kappa shape index (κ2) is 8.90. The van der Waals surface area contributed by atoms with Gasteiger partial charge in [0.15, 0.2) is 5.13 Å². The number of thiazole rings is 1. The molecule has 2 heterocycles. The third kappa shape index (κ3) is 5.01. The minimum absolute atomic E-state index is 0.0387. The maximum Gasteiger partial charge on any atom is 0.419 e. The van der Waals surface area contributed by atoms with E-state index in [2.05, 4.69) is 30.6 Å². The van der Waals surface area contributed by atoms with Gasteiger partial charge in [-0.25, -0.2) is 14.4 Å². The molecule has 2 aromatic carbocycles. The SMILES string of the molecule is NC(=Nc1nc2ccccc2[nH]1)NC(=O)c1csc(NC(=O)c2ccc(C(F)(F)F)c(F)c2)n1. The van der Waals surface area contributed by atoms with Gasteiger partial charge in [0.25, 0.3) is 11.8 Å². The molecule has 0 aliphatic heterocycles. The van der Waals surface area contributed by atoms with Crippen LogP contribution in [0.4, 0.5) is 28.6 Å². The molecule has 9 nitrogen and oxygen atoms in total. The Bertz CT molecular complexity index is 1390. The minimum atomic E-state index is -4.88. The molecule has 0 spiro atoms. The first-order valence-corrected chi connectivity index (χ1v) is 10.2. The topological polar surface area (TPSA) is 138 Å². The molecule has 0 unspecified atom stereocenters. The van der Waals surface area contributed by atoms with Gasteiger partial charge >= 0.3 is 6.18 Å². The summed E-state index contributed by atoms with van der Waals surface area (Å²) in [5.74, 6) is -3.30. The minimum Gasteiger partial charge on any atom is -0.369 e. The number of carbonyl (C=O) groups excluding carboxylic acids is 2. The van der Waals surface area contributed by atoms with Gasteiger partial charge in [-0.15, -0.1) is 11.3 Å². The molecule has 4 rings (SSSR count). The molecule has 0 aliphatic carbocycles. The molecule has 0 bridgehead atoms. The fourth-order valence-corrected chi connectivity index (χ4v) is 3.49. The van der Waals surface area contributed by atoms with Crippen LogP contribution >= 0.6 is 11.3 Å². The zero-order valence-corrected chi connectivity index (χ0v) is 17.6. The maximum absolute atomic E-state index is 13.7. The van der Waals surface area contributed by atoms with E-state index in [-0.39, 0.29) is 28.3 Å². The first kappa shape index (κ1) is 22.8. The summed E-state index contributed by atoms with van der Waals surface area (Å²) >= 11 is 0.870. The lowest BCUT2D eigenvalue weighted by atomic mass is 10.1. The van der Waals surface area contributed by atoms with Crippen LogP contribution in [-0.4, -0.2) is 32.7 Å². The number of hydrogen-bond acceptors (Lipinski definition) is 6. The van der Waals surface area contributed by atoms with Gasteiger partial charge in [0.2, 0.25) is 11.9 Å². The highest BCUT2D eigenvalue weighted by Gasteiger charge is 2.34. The number of nitrogens with zero attached hydrogens (tertiary/aromatic N) is 3. The van der Waals surface area contributed by atoms with E-state index in [9.17, 15) is 27.2 Å². The van der Waals surface area contributed by atoms with Crippen molar-refractivity contribution < 1.29 is 27.2 Å². The van der Waals surface area contributed by atoms with Gasteiger partial charge in [0.1, 0.15) is 11.5 Å².